The summed E-state index contributed by atoms with van der Waals surface area (Å²) >= 11 is 5.75. The Balaban J connectivity index is 1.85. The van der Waals surface area contributed by atoms with Gasteiger partial charge in [0.1, 0.15) is 18.0 Å². The van der Waals surface area contributed by atoms with Crippen LogP contribution in [0.25, 0.3) is 0 Å². The van der Waals surface area contributed by atoms with Crippen LogP contribution in [0.15, 0.2) is 42.6 Å². The summed E-state index contributed by atoms with van der Waals surface area (Å²) in [5, 5.41) is 3.34. The van der Waals surface area contributed by atoms with E-state index in [2.05, 4.69) is 10.3 Å². The Bertz CT molecular complexity index is 627. The van der Waals surface area contributed by atoms with E-state index in [-0.39, 0.29) is 17.2 Å². The van der Waals surface area contributed by atoms with Crippen LogP contribution in [-0.4, -0.2) is 30.8 Å². The summed E-state index contributed by atoms with van der Waals surface area (Å²) in [6.45, 7) is 1.83. The molecule has 0 spiro atoms. The van der Waals surface area contributed by atoms with E-state index in [1.165, 1.54) is 12.1 Å². The maximum atomic E-state index is 13.7. The van der Waals surface area contributed by atoms with E-state index in [1.807, 2.05) is 12.1 Å². The van der Waals surface area contributed by atoms with E-state index in [0.29, 0.717) is 31.1 Å². The highest BCUT2D eigenvalue weighted by Gasteiger charge is 2.28. The lowest BCUT2D eigenvalue weighted by atomic mass is 10.0. The van der Waals surface area contributed by atoms with Crippen molar-refractivity contribution in [3.63, 3.8) is 0 Å². The van der Waals surface area contributed by atoms with Gasteiger partial charge in [0.05, 0.1) is 11.6 Å². The second-order valence-electron chi connectivity index (χ2n) is 4.99. The molecule has 22 heavy (non-hydrogen) atoms. The zero-order chi connectivity index (χ0) is 15.4. The summed E-state index contributed by atoms with van der Waals surface area (Å²) in [5.41, 5.74) is 0.700. The molecule has 1 N–H and O–H groups in total. The van der Waals surface area contributed by atoms with Crippen LogP contribution in [0.4, 0.5) is 4.39 Å². The zero-order valence-electron chi connectivity index (χ0n) is 11.8. The van der Waals surface area contributed by atoms with Crippen molar-refractivity contribution in [3.8, 4) is 5.88 Å². The molecule has 1 fully saturated rings. The third kappa shape index (κ3) is 3.55. The molecule has 2 atom stereocenters. The van der Waals surface area contributed by atoms with Gasteiger partial charge < -0.3 is 14.8 Å². The normalized spacial score (nSPS) is 22.1. The first kappa shape index (κ1) is 15.2. The highest BCUT2D eigenvalue weighted by molar-refractivity contribution is 6.30. The first-order valence-corrected chi connectivity index (χ1v) is 7.47. The highest BCUT2D eigenvalue weighted by Crippen LogP contribution is 2.28. The quantitative estimate of drug-likeness (QED) is 0.943. The first-order chi connectivity index (χ1) is 10.7. The largest absolute Gasteiger partial charge is 0.470 e. The van der Waals surface area contributed by atoms with E-state index in [0.717, 1.165) is 0 Å². The van der Waals surface area contributed by atoms with Crippen LogP contribution in [0.3, 0.4) is 0 Å². The Morgan fingerprint density at radius 2 is 2.23 bits per heavy atom. The summed E-state index contributed by atoms with van der Waals surface area (Å²) in [4.78, 5) is 4.16. The molecule has 116 valence electrons. The lowest BCUT2D eigenvalue weighted by Gasteiger charge is -2.25. The summed E-state index contributed by atoms with van der Waals surface area (Å²) in [6, 6.07) is 10.1. The fraction of sp³-hybridized carbons (Fsp3) is 0.312. The summed E-state index contributed by atoms with van der Waals surface area (Å²) < 4.78 is 25.5. The maximum Gasteiger partial charge on any atom is 0.213 e. The van der Waals surface area contributed by atoms with Crippen LogP contribution in [0.1, 0.15) is 11.7 Å². The van der Waals surface area contributed by atoms with Crippen molar-refractivity contribution < 1.29 is 13.9 Å². The molecule has 0 saturated carbocycles. The minimum Gasteiger partial charge on any atom is -0.470 e. The molecule has 1 saturated heterocycles. The van der Waals surface area contributed by atoms with Crippen LogP contribution in [0, 0.1) is 5.82 Å². The Morgan fingerprint density at radius 3 is 3.00 bits per heavy atom. The number of nitrogens with one attached hydrogen (secondary N) is 1. The van der Waals surface area contributed by atoms with E-state index >= 15 is 0 Å². The van der Waals surface area contributed by atoms with Crippen LogP contribution in [0.5, 0.6) is 5.88 Å². The van der Waals surface area contributed by atoms with Crippen LogP contribution in [-0.2, 0) is 4.74 Å². The second-order valence-corrected chi connectivity index (χ2v) is 5.40. The number of hydrogen-bond donors (Lipinski definition) is 1. The molecule has 0 amide bonds. The van der Waals surface area contributed by atoms with E-state index < -0.39 is 5.82 Å². The minimum atomic E-state index is -0.462. The van der Waals surface area contributed by atoms with Crippen LogP contribution in [0.2, 0.25) is 5.02 Å². The van der Waals surface area contributed by atoms with Crippen molar-refractivity contribution in [2.45, 2.75) is 12.2 Å². The summed E-state index contributed by atoms with van der Waals surface area (Å²) in [7, 11) is 0. The Kier molecular flexibility index (Phi) is 4.87. The van der Waals surface area contributed by atoms with Crippen molar-refractivity contribution in [2.75, 3.05) is 19.7 Å². The SMILES string of the molecule is Fc1cc(C2OCCNCC2Oc2ccccn2)ccc1Cl. The van der Waals surface area contributed by atoms with Crippen molar-refractivity contribution in [1.82, 2.24) is 10.3 Å². The van der Waals surface area contributed by atoms with Gasteiger partial charge in [-0.1, -0.05) is 23.7 Å². The lowest BCUT2D eigenvalue weighted by molar-refractivity contribution is -0.0102. The zero-order valence-corrected chi connectivity index (χ0v) is 12.6. The van der Waals surface area contributed by atoms with Gasteiger partial charge in [0.2, 0.25) is 5.88 Å². The van der Waals surface area contributed by atoms with Crippen LogP contribution < -0.4 is 10.1 Å². The number of ether oxygens (including phenoxy) is 2. The number of rotatable bonds is 3. The first-order valence-electron chi connectivity index (χ1n) is 7.09. The summed E-state index contributed by atoms with van der Waals surface area (Å²) in [5.74, 6) is 0.0517. The van der Waals surface area contributed by atoms with Crippen molar-refractivity contribution in [3.05, 3.63) is 59.0 Å². The molecule has 3 rings (SSSR count). The third-order valence-electron chi connectivity index (χ3n) is 3.44. The lowest BCUT2D eigenvalue weighted by Crippen LogP contribution is -2.34. The van der Waals surface area contributed by atoms with Gasteiger partial charge in [0.15, 0.2) is 0 Å². The average molecular weight is 323 g/mol. The average Bonchev–Trinajstić information content (AvgIpc) is 2.77. The number of pyridine rings is 1. The minimum absolute atomic E-state index is 0.0951. The van der Waals surface area contributed by atoms with Gasteiger partial charge in [0.25, 0.3) is 0 Å². The van der Waals surface area contributed by atoms with Gasteiger partial charge in [-0.2, -0.15) is 0 Å². The fourth-order valence-corrected chi connectivity index (χ4v) is 2.51. The van der Waals surface area contributed by atoms with Gasteiger partial charge in [-0.05, 0) is 23.8 Å². The van der Waals surface area contributed by atoms with Crippen LogP contribution >= 0.6 is 11.6 Å². The molecular formula is C16H16ClFN2O2. The molecule has 0 radical (unpaired) electrons. The number of aromatic nitrogens is 1. The maximum absolute atomic E-state index is 13.7. The van der Waals surface area contributed by atoms with Gasteiger partial charge in [-0.25, -0.2) is 9.37 Å². The summed E-state index contributed by atoms with van der Waals surface area (Å²) in [6.07, 6.45) is 0.971. The van der Waals surface area contributed by atoms with Crippen molar-refractivity contribution in [1.29, 1.82) is 0 Å². The third-order valence-corrected chi connectivity index (χ3v) is 3.75. The number of hydrogen-bond acceptors (Lipinski definition) is 4. The Hall–Kier alpha value is -1.69. The Morgan fingerprint density at radius 1 is 1.32 bits per heavy atom. The molecule has 1 aromatic heterocycles. The topological polar surface area (TPSA) is 43.4 Å². The number of halogens is 2. The highest BCUT2D eigenvalue weighted by atomic mass is 35.5. The van der Waals surface area contributed by atoms with Crippen molar-refractivity contribution in [2.24, 2.45) is 0 Å². The predicted molar refractivity (Wildman–Crippen MR) is 81.6 cm³/mol. The van der Waals surface area contributed by atoms with E-state index in [4.69, 9.17) is 21.1 Å². The molecule has 0 aliphatic carbocycles. The van der Waals surface area contributed by atoms with Gasteiger partial charge >= 0.3 is 0 Å². The van der Waals surface area contributed by atoms with E-state index in [9.17, 15) is 4.39 Å². The molecule has 1 aliphatic rings. The second kappa shape index (κ2) is 7.05. The monoisotopic (exact) mass is 322 g/mol. The standard InChI is InChI=1S/C16H16ClFN2O2/c17-12-5-4-11(9-13(12)18)16-14(10-19-7-8-21-16)22-15-3-1-2-6-20-15/h1-6,9,14,16,19H,7-8,10H2. The van der Waals surface area contributed by atoms with Gasteiger partial charge in [0, 0.05) is 25.4 Å². The predicted octanol–water partition coefficient (Wildman–Crippen LogP) is 2.98. The molecule has 2 aromatic rings. The molecule has 6 heteroatoms. The Labute approximate surface area is 133 Å². The smallest absolute Gasteiger partial charge is 0.213 e. The molecule has 2 unspecified atom stereocenters. The van der Waals surface area contributed by atoms with E-state index in [1.54, 1.807) is 18.3 Å². The molecule has 2 heterocycles. The molecule has 1 aliphatic heterocycles. The molecule has 1 aromatic carbocycles. The van der Waals surface area contributed by atoms with Crippen molar-refractivity contribution >= 4 is 11.6 Å². The van der Waals surface area contributed by atoms with Gasteiger partial charge in [-0.15, -0.1) is 0 Å². The van der Waals surface area contributed by atoms with Gasteiger partial charge in [-0.3, -0.25) is 0 Å². The molecule has 4 nitrogen and oxygen atoms in total. The molecular weight excluding hydrogens is 307 g/mol. The number of benzene rings is 1. The fourth-order valence-electron chi connectivity index (χ4n) is 2.39. The number of nitrogens with zero attached hydrogens (tertiary/aromatic N) is 1. The molecule has 0 bridgehead atoms.